The van der Waals surface area contributed by atoms with Crippen LogP contribution in [0, 0.1) is 11.9 Å². The summed E-state index contributed by atoms with van der Waals surface area (Å²) in [6.45, 7) is 4.19. The van der Waals surface area contributed by atoms with Crippen molar-refractivity contribution in [2.45, 2.75) is 31.7 Å². The lowest BCUT2D eigenvalue weighted by atomic mass is 9.91. The Labute approximate surface area is 164 Å². The highest BCUT2D eigenvalue weighted by atomic mass is 19.1. The number of aromatic nitrogens is 1. The predicted octanol–water partition coefficient (Wildman–Crippen LogP) is 3.87. The van der Waals surface area contributed by atoms with Crippen LogP contribution in [0.25, 0.3) is 11.0 Å². The summed E-state index contributed by atoms with van der Waals surface area (Å²) in [6.07, 6.45) is 3.04. The van der Waals surface area contributed by atoms with E-state index in [2.05, 4.69) is 16.1 Å². The Balaban J connectivity index is 1.24. The Kier molecular flexibility index (Phi) is 5.88. The molecule has 0 unspecified atom stereocenters. The minimum Gasteiger partial charge on any atom is -0.493 e. The molecule has 2 heterocycles. The molecule has 3 aromatic rings. The van der Waals surface area contributed by atoms with Crippen LogP contribution in [0.4, 0.5) is 4.39 Å². The van der Waals surface area contributed by atoms with Gasteiger partial charge in [-0.05, 0) is 62.7 Å². The van der Waals surface area contributed by atoms with Gasteiger partial charge in [0.15, 0.2) is 5.58 Å². The second-order valence-electron chi connectivity index (χ2n) is 7.26. The maximum Gasteiger partial charge on any atom is 0.170 e. The normalized spacial score (nSPS) is 15.9. The van der Waals surface area contributed by atoms with Crippen molar-refractivity contribution in [2.24, 2.45) is 5.73 Å². The average Bonchev–Trinajstić information content (AvgIpc) is 3.15. The van der Waals surface area contributed by atoms with Gasteiger partial charge in [-0.15, -0.1) is 0 Å². The van der Waals surface area contributed by atoms with E-state index >= 15 is 0 Å². The summed E-state index contributed by atoms with van der Waals surface area (Å²) in [7, 11) is 0. The molecule has 0 aliphatic carbocycles. The molecule has 4 rings (SSSR count). The Morgan fingerprint density at radius 2 is 2.14 bits per heavy atom. The zero-order valence-electron chi connectivity index (χ0n) is 15.9. The molecule has 1 radical (unpaired) electrons. The van der Waals surface area contributed by atoms with Crippen molar-refractivity contribution >= 4 is 11.0 Å². The van der Waals surface area contributed by atoms with E-state index in [1.54, 1.807) is 6.07 Å². The molecular weight excluding hydrogens is 357 g/mol. The van der Waals surface area contributed by atoms with Crippen LogP contribution >= 0.6 is 0 Å². The monoisotopic (exact) mass is 382 g/mol. The van der Waals surface area contributed by atoms with E-state index in [0.717, 1.165) is 61.3 Å². The number of piperidine rings is 1. The summed E-state index contributed by atoms with van der Waals surface area (Å²) in [5, 5.41) is 5.15. The standard InChI is InChI=1S/C22H25FN3O2/c23-18-6-7-19-21(14-18)28-25-22(19)16-8-11-26(12-9-16)10-3-13-27-20-5-2-1-4-17(20)15-24/h2,4-7,14,16H,3,8-13,15,24H2. The predicted molar refractivity (Wildman–Crippen MR) is 106 cm³/mol. The van der Waals surface area contributed by atoms with Gasteiger partial charge in [0.2, 0.25) is 0 Å². The number of hydrogen-bond donors (Lipinski definition) is 1. The lowest BCUT2D eigenvalue weighted by Crippen LogP contribution is -2.34. The molecule has 0 amide bonds. The van der Waals surface area contributed by atoms with E-state index < -0.39 is 0 Å². The molecule has 28 heavy (non-hydrogen) atoms. The zero-order valence-corrected chi connectivity index (χ0v) is 15.9. The van der Waals surface area contributed by atoms with Crippen molar-refractivity contribution in [3.8, 4) is 5.75 Å². The van der Waals surface area contributed by atoms with E-state index in [4.69, 9.17) is 15.0 Å². The SMILES string of the molecule is NCc1c[c]ccc1OCCCN1CCC(c2noc3cc(F)ccc23)CC1. The van der Waals surface area contributed by atoms with Crippen molar-refractivity contribution in [2.75, 3.05) is 26.2 Å². The minimum atomic E-state index is -0.292. The molecule has 1 saturated heterocycles. The number of nitrogens with zero attached hydrogens (tertiary/aromatic N) is 2. The topological polar surface area (TPSA) is 64.5 Å². The van der Waals surface area contributed by atoms with Crippen LogP contribution in [0.2, 0.25) is 0 Å². The van der Waals surface area contributed by atoms with Gasteiger partial charge in [0.25, 0.3) is 0 Å². The van der Waals surface area contributed by atoms with Gasteiger partial charge in [0.05, 0.1) is 12.3 Å². The average molecular weight is 382 g/mol. The van der Waals surface area contributed by atoms with Gasteiger partial charge in [-0.1, -0.05) is 11.2 Å². The smallest absolute Gasteiger partial charge is 0.170 e. The molecular formula is C22H25FN3O2. The minimum absolute atomic E-state index is 0.292. The van der Waals surface area contributed by atoms with Crippen LogP contribution in [-0.2, 0) is 6.54 Å². The summed E-state index contributed by atoms with van der Waals surface area (Å²) >= 11 is 0. The van der Waals surface area contributed by atoms with Crippen LogP contribution < -0.4 is 10.5 Å². The number of likely N-dealkylation sites (tertiary alicyclic amines) is 1. The third-order valence-corrected chi connectivity index (χ3v) is 5.44. The van der Waals surface area contributed by atoms with Crippen LogP contribution in [-0.4, -0.2) is 36.3 Å². The first kappa shape index (κ1) is 18.9. The molecule has 1 fully saturated rings. The van der Waals surface area contributed by atoms with Gasteiger partial charge in [0.1, 0.15) is 11.6 Å². The Bertz CT molecular complexity index is 919. The van der Waals surface area contributed by atoms with Crippen LogP contribution in [0.3, 0.4) is 0 Å². The summed E-state index contributed by atoms with van der Waals surface area (Å²) in [4.78, 5) is 2.46. The molecule has 6 heteroatoms. The van der Waals surface area contributed by atoms with Gasteiger partial charge in [-0.2, -0.15) is 0 Å². The number of benzene rings is 2. The Morgan fingerprint density at radius 3 is 2.96 bits per heavy atom. The quantitative estimate of drug-likeness (QED) is 0.629. The molecule has 2 N–H and O–H groups in total. The van der Waals surface area contributed by atoms with Gasteiger partial charge >= 0.3 is 0 Å². The summed E-state index contributed by atoms with van der Waals surface area (Å²) < 4.78 is 24.5. The van der Waals surface area contributed by atoms with Crippen molar-refractivity contribution in [3.05, 3.63) is 59.5 Å². The first-order valence-electron chi connectivity index (χ1n) is 9.83. The van der Waals surface area contributed by atoms with Gasteiger partial charge in [-0.3, -0.25) is 0 Å². The highest BCUT2D eigenvalue weighted by Gasteiger charge is 2.24. The molecule has 0 spiro atoms. The van der Waals surface area contributed by atoms with E-state index in [1.165, 1.54) is 12.1 Å². The van der Waals surface area contributed by atoms with Crippen molar-refractivity contribution < 1.29 is 13.7 Å². The summed E-state index contributed by atoms with van der Waals surface area (Å²) in [5.74, 6) is 0.931. The highest BCUT2D eigenvalue weighted by molar-refractivity contribution is 5.79. The van der Waals surface area contributed by atoms with E-state index in [-0.39, 0.29) is 5.82 Å². The fraction of sp³-hybridized carbons (Fsp3) is 0.409. The van der Waals surface area contributed by atoms with Crippen LogP contribution in [0.5, 0.6) is 5.75 Å². The summed E-state index contributed by atoms with van der Waals surface area (Å²) in [6, 6.07) is 13.3. The second kappa shape index (κ2) is 8.71. The van der Waals surface area contributed by atoms with Crippen molar-refractivity contribution in [1.82, 2.24) is 10.1 Å². The molecule has 1 aliphatic rings. The van der Waals surface area contributed by atoms with E-state index in [1.807, 2.05) is 18.2 Å². The fourth-order valence-electron chi connectivity index (χ4n) is 3.88. The second-order valence-corrected chi connectivity index (χ2v) is 7.26. The van der Waals surface area contributed by atoms with Crippen LogP contribution in [0.15, 0.2) is 40.9 Å². The number of halogens is 1. The molecule has 1 aliphatic heterocycles. The highest BCUT2D eigenvalue weighted by Crippen LogP contribution is 2.32. The third kappa shape index (κ3) is 4.18. The Hall–Kier alpha value is -2.44. The molecule has 0 bridgehead atoms. The lowest BCUT2D eigenvalue weighted by Gasteiger charge is -2.31. The molecule has 0 atom stereocenters. The molecule has 1 aromatic heterocycles. The van der Waals surface area contributed by atoms with Crippen molar-refractivity contribution in [1.29, 1.82) is 0 Å². The Morgan fingerprint density at radius 1 is 1.29 bits per heavy atom. The van der Waals surface area contributed by atoms with Gasteiger partial charge in [-0.25, -0.2) is 4.39 Å². The third-order valence-electron chi connectivity index (χ3n) is 5.44. The van der Waals surface area contributed by atoms with Gasteiger partial charge in [0, 0.05) is 36.0 Å². The number of hydrogen-bond acceptors (Lipinski definition) is 5. The van der Waals surface area contributed by atoms with Crippen LogP contribution in [0.1, 0.15) is 36.4 Å². The molecule has 2 aromatic carbocycles. The molecule has 5 nitrogen and oxygen atoms in total. The first-order chi connectivity index (χ1) is 13.7. The first-order valence-corrected chi connectivity index (χ1v) is 9.83. The maximum atomic E-state index is 13.3. The molecule has 0 saturated carbocycles. The maximum absolute atomic E-state index is 13.3. The van der Waals surface area contributed by atoms with Gasteiger partial charge < -0.3 is 19.9 Å². The van der Waals surface area contributed by atoms with E-state index in [0.29, 0.717) is 24.7 Å². The van der Waals surface area contributed by atoms with E-state index in [9.17, 15) is 4.39 Å². The number of rotatable bonds is 7. The molecule has 147 valence electrons. The number of ether oxygens (including phenoxy) is 1. The lowest BCUT2D eigenvalue weighted by molar-refractivity contribution is 0.190. The number of nitrogens with two attached hydrogens (primary N) is 1. The summed E-state index contributed by atoms with van der Waals surface area (Å²) in [5.41, 5.74) is 8.22. The fourth-order valence-corrected chi connectivity index (χ4v) is 3.88. The number of fused-ring (bicyclic) bond motifs is 1. The van der Waals surface area contributed by atoms with Crippen molar-refractivity contribution in [3.63, 3.8) is 0 Å². The zero-order chi connectivity index (χ0) is 19.3. The largest absolute Gasteiger partial charge is 0.493 e.